The van der Waals surface area contributed by atoms with Gasteiger partial charge in [0.2, 0.25) is 0 Å². The number of nitrogens with zero attached hydrogens (tertiary/aromatic N) is 2. The molecule has 198 valence electrons. The Bertz CT molecular complexity index is 1130. The first kappa shape index (κ1) is 28.8. The van der Waals surface area contributed by atoms with Crippen molar-refractivity contribution in [1.82, 2.24) is 4.90 Å². The minimum Gasteiger partial charge on any atom is -0.497 e. The topological polar surface area (TPSA) is 51.2 Å². The predicted molar refractivity (Wildman–Crippen MR) is 150 cm³/mol. The SMILES string of the molecule is COc1ccc([C@@]2(C(=O)OC(c3ccccc3)N3CCN(c4ccccc4)CC3)C[C@@H]2OC)cc1.Cl.Cl. The third-order valence-corrected chi connectivity index (χ3v) is 7.22. The van der Waals surface area contributed by atoms with Crippen molar-refractivity contribution < 1.29 is 19.0 Å². The van der Waals surface area contributed by atoms with E-state index in [1.54, 1.807) is 14.2 Å². The van der Waals surface area contributed by atoms with Gasteiger partial charge in [-0.1, -0.05) is 60.7 Å². The smallest absolute Gasteiger partial charge is 0.321 e. The molecule has 1 aliphatic heterocycles. The van der Waals surface area contributed by atoms with Crippen molar-refractivity contribution in [2.45, 2.75) is 24.2 Å². The van der Waals surface area contributed by atoms with Gasteiger partial charge in [0.15, 0.2) is 6.23 Å². The molecule has 3 atom stereocenters. The Morgan fingerprint density at radius 1 is 0.838 bits per heavy atom. The Labute approximate surface area is 231 Å². The van der Waals surface area contributed by atoms with Crippen LogP contribution in [-0.2, 0) is 19.7 Å². The maximum Gasteiger partial charge on any atom is 0.321 e. The second kappa shape index (κ2) is 12.7. The van der Waals surface area contributed by atoms with E-state index in [2.05, 4.69) is 34.1 Å². The monoisotopic (exact) mass is 544 g/mol. The van der Waals surface area contributed by atoms with Gasteiger partial charge in [-0.3, -0.25) is 9.69 Å². The van der Waals surface area contributed by atoms with E-state index in [9.17, 15) is 4.79 Å². The number of rotatable bonds is 8. The second-order valence-corrected chi connectivity index (χ2v) is 9.16. The lowest BCUT2D eigenvalue weighted by Gasteiger charge is -2.40. The zero-order valence-electron chi connectivity index (χ0n) is 21.1. The fraction of sp³-hybridized carbons (Fsp3) is 0.345. The average molecular weight is 546 g/mol. The summed E-state index contributed by atoms with van der Waals surface area (Å²) in [6, 6.07) is 28.1. The molecule has 3 aromatic rings. The van der Waals surface area contributed by atoms with Crippen molar-refractivity contribution in [2.24, 2.45) is 0 Å². The summed E-state index contributed by atoms with van der Waals surface area (Å²) in [6.45, 7) is 3.33. The van der Waals surface area contributed by atoms with Gasteiger partial charge in [-0.15, -0.1) is 24.8 Å². The molecule has 0 N–H and O–H groups in total. The van der Waals surface area contributed by atoms with Gasteiger partial charge >= 0.3 is 5.97 Å². The zero-order valence-corrected chi connectivity index (χ0v) is 22.8. The van der Waals surface area contributed by atoms with Crippen molar-refractivity contribution in [1.29, 1.82) is 0 Å². The van der Waals surface area contributed by atoms with Crippen LogP contribution in [0.5, 0.6) is 5.75 Å². The molecule has 5 rings (SSSR count). The molecule has 0 radical (unpaired) electrons. The van der Waals surface area contributed by atoms with Crippen LogP contribution in [0, 0.1) is 0 Å². The Morgan fingerprint density at radius 2 is 1.43 bits per heavy atom. The molecule has 2 fully saturated rings. The van der Waals surface area contributed by atoms with E-state index in [0.717, 1.165) is 43.1 Å². The molecule has 8 heteroatoms. The molecule has 1 aliphatic carbocycles. The number of carbonyl (C=O) groups excluding carboxylic acids is 1. The van der Waals surface area contributed by atoms with Crippen LogP contribution in [0.4, 0.5) is 5.69 Å². The number of anilines is 1. The zero-order chi connectivity index (χ0) is 24.3. The Kier molecular flexibility index (Phi) is 9.85. The third kappa shape index (κ3) is 5.88. The van der Waals surface area contributed by atoms with E-state index < -0.39 is 11.6 Å². The van der Waals surface area contributed by atoms with E-state index in [-0.39, 0.29) is 36.9 Å². The van der Waals surface area contributed by atoms with Crippen LogP contribution in [0.15, 0.2) is 84.9 Å². The summed E-state index contributed by atoms with van der Waals surface area (Å²) in [5, 5.41) is 0. The van der Waals surface area contributed by atoms with Crippen LogP contribution in [-0.4, -0.2) is 57.4 Å². The highest BCUT2D eigenvalue weighted by molar-refractivity contribution is 5.88. The molecule has 1 saturated carbocycles. The average Bonchev–Trinajstić information content (AvgIpc) is 3.69. The van der Waals surface area contributed by atoms with Gasteiger partial charge in [0.05, 0.1) is 13.2 Å². The molecule has 0 amide bonds. The Balaban J connectivity index is 0.00000190. The highest BCUT2D eigenvalue weighted by Gasteiger charge is 2.64. The minimum atomic E-state index is -0.792. The predicted octanol–water partition coefficient (Wildman–Crippen LogP) is 5.26. The van der Waals surface area contributed by atoms with Gasteiger partial charge in [-0.2, -0.15) is 0 Å². The summed E-state index contributed by atoms with van der Waals surface area (Å²) in [5.41, 5.74) is 2.31. The summed E-state index contributed by atoms with van der Waals surface area (Å²) in [7, 11) is 3.29. The van der Waals surface area contributed by atoms with Crippen LogP contribution in [0.25, 0.3) is 0 Å². The van der Waals surface area contributed by atoms with Crippen molar-refractivity contribution in [3.8, 4) is 5.75 Å². The number of ether oxygens (including phenoxy) is 3. The number of benzene rings is 3. The molecule has 6 nitrogen and oxygen atoms in total. The molecule has 2 aliphatic rings. The number of hydrogen-bond acceptors (Lipinski definition) is 6. The van der Waals surface area contributed by atoms with Crippen LogP contribution in [0.2, 0.25) is 0 Å². The van der Waals surface area contributed by atoms with Crippen LogP contribution in [0.3, 0.4) is 0 Å². The standard InChI is InChI=1S/C29H32N2O4.2ClH/c1-33-25-15-13-23(14-16-25)29(21-26(29)34-2)28(32)35-27(22-9-5-3-6-10-22)31-19-17-30(18-20-31)24-11-7-4-8-12-24;;/h3-16,26-27H,17-21H2,1-2H3;2*1H/t26-,27?,29-;;/m0../s1. The molecule has 0 bridgehead atoms. The molecule has 0 spiro atoms. The number of para-hydroxylation sites is 1. The Morgan fingerprint density at radius 3 is 1.97 bits per heavy atom. The molecular formula is C29H34Cl2N2O4. The first-order valence-electron chi connectivity index (χ1n) is 12.1. The van der Waals surface area contributed by atoms with Gasteiger partial charge in [0, 0.05) is 44.5 Å². The lowest BCUT2D eigenvalue weighted by Crippen LogP contribution is -2.49. The molecule has 37 heavy (non-hydrogen) atoms. The maximum absolute atomic E-state index is 13.8. The van der Waals surface area contributed by atoms with Crippen LogP contribution >= 0.6 is 24.8 Å². The first-order valence-corrected chi connectivity index (χ1v) is 12.1. The summed E-state index contributed by atoms with van der Waals surface area (Å²) < 4.78 is 17.3. The van der Waals surface area contributed by atoms with Gasteiger partial charge in [-0.05, 0) is 36.2 Å². The van der Waals surface area contributed by atoms with E-state index in [1.165, 1.54) is 5.69 Å². The lowest BCUT2D eigenvalue weighted by molar-refractivity contribution is -0.165. The molecule has 0 aromatic heterocycles. The third-order valence-electron chi connectivity index (χ3n) is 7.22. The van der Waals surface area contributed by atoms with Gasteiger partial charge in [0.1, 0.15) is 11.2 Å². The van der Waals surface area contributed by atoms with E-state index in [4.69, 9.17) is 14.2 Å². The fourth-order valence-electron chi connectivity index (χ4n) is 5.07. The van der Waals surface area contributed by atoms with E-state index in [0.29, 0.717) is 6.42 Å². The quantitative estimate of drug-likeness (QED) is 0.360. The molecular weight excluding hydrogens is 511 g/mol. The molecule has 1 saturated heterocycles. The van der Waals surface area contributed by atoms with Crippen LogP contribution in [0.1, 0.15) is 23.8 Å². The second-order valence-electron chi connectivity index (χ2n) is 9.16. The van der Waals surface area contributed by atoms with Gasteiger partial charge in [-0.25, -0.2) is 0 Å². The number of halogens is 2. The number of esters is 1. The summed E-state index contributed by atoms with van der Waals surface area (Å²) in [5.74, 6) is 0.513. The van der Waals surface area contributed by atoms with Gasteiger partial charge in [0.25, 0.3) is 0 Å². The summed E-state index contributed by atoms with van der Waals surface area (Å²) in [6.07, 6.45) is -0.0394. The highest BCUT2D eigenvalue weighted by atomic mass is 35.5. The largest absolute Gasteiger partial charge is 0.497 e. The molecule has 3 aromatic carbocycles. The van der Waals surface area contributed by atoms with Crippen molar-refractivity contribution in [2.75, 3.05) is 45.3 Å². The maximum atomic E-state index is 13.8. The normalized spacial score (nSPS) is 21.7. The Hall–Kier alpha value is -2.77. The fourth-order valence-corrected chi connectivity index (χ4v) is 5.07. The van der Waals surface area contributed by atoms with Gasteiger partial charge < -0.3 is 19.1 Å². The molecule has 1 heterocycles. The number of hydrogen-bond donors (Lipinski definition) is 0. The van der Waals surface area contributed by atoms with E-state index in [1.807, 2.05) is 60.7 Å². The molecule has 1 unspecified atom stereocenters. The van der Waals surface area contributed by atoms with Crippen LogP contribution < -0.4 is 9.64 Å². The minimum absolute atomic E-state index is 0. The first-order chi connectivity index (χ1) is 17.2. The van der Waals surface area contributed by atoms with Crippen molar-refractivity contribution >= 4 is 36.5 Å². The number of piperazine rings is 1. The number of methoxy groups -OCH3 is 2. The van der Waals surface area contributed by atoms with Crippen molar-refractivity contribution in [3.05, 3.63) is 96.1 Å². The van der Waals surface area contributed by atoms with Crippen molar-refractivity contribution in [3.63, 3.8) is 0 Å². The van der Waals surface area contributed by atoms with E-state index >= 15 is 0 Å². The summed E-state index contributed by atoms with van der Waals surface area (Å²) in [4.78, 5) is 18.4. The lowest BCUT2D eigenvalue weighted by atomic mass is 9.95. The highest BCUT2D eigenvalue weighted by Crippen LogP contribution is 2.52. The number of carbonyl (C=O) groups is 1. The summed E-state index contributed by atoms with van der Waals surface area (Å²) >= 11 is 0.